The first-order valence-corrected chi connectivity index (χ1v) is 8.44. The first-order chi connectivity index (χ1) is 10.4. The summed E-state index contributed by atoms with van der Waals surface area (Å²) in [6, 6.07) is 0. The molecule has 0 aromatic carbocycles. The van der Waals surface area contributed by atoms with Gasteiger partial charge in [-0.2, -0.15) is 0 Å². The van der Waals surface area contributed by atoms with E-state index in [4.69, 9.17) is 5.84 Å². The van der Waals surface area contributed by atoms with Gasteiger partial charge in [0.25, 0.3) is 0 Å². The molecule has 0 aliphatic carbocycles. The van der Waals surface area contributed by atoms with E-state index in [1.54, 1.807) is 6.92 Å². The van der Waals surface area contributed by atoms with Gasteiger partial charge in [-0.1, -0.05) is 33.6 Å². The summed E-state index contributed by atoms with van der Waals surface area (Å²) in [6.07, 6.45) is 4.04. The zero-order chi connectivity index (χ0) is 16.5. The van der Waals surface area contributed by atoms with E-state index in [0.717, 1.165) is 38.6 Å². The van der Waals surface area contributed by atoms with E-state index in [-0.39, 0.29) is 24.2 Å². The Morgan fingerprint density at radius 3 is 2.27 bits per heavy atom. The number of rotatable bonds is 8. The van der Waals surface area contributed by atoms with Crippen molar-refractivity contribution in [1.29, 1.82) is 0 Å². The Kier molecular flexibility index (Phi) is 8.42. The van der Waals surface area contributed by atoms with Gasteiger partial charge in [0, 0.05) is 38.5 Å². The van der Waals surface area contributed by atoms with Crippen LogP contribution in [0.25, 0.3) is 0 Å². The summed E-state index contributed by atoms with van der Waals surface area (Å²) in [4.78, 5) is 27.8. The van der Waals surface area contributed by atoms with E-state index in [2.05, 4.69) is 24.2 Å². The molecular formula is C16H32N4O2. The van der Waals surface area contributed by atoms with Gasteiger partial charge in [-0.3, -0.25) is 19.9 Å². The van der Waals surface area contributed by atoms with Crippen molar-refractivity contribution in [2.75, 3.05) is 32.7 Å². The van der Waals surface area contributed by atoms with E-state index in [1.807, 2.05) is 4.90 Å². The molecule has 1 aliphatic rings. The van der Waals surface area contributed by atoms with Gasteiger partial charge in [-0.05, 0) is 18.9 Å². The van der Waals surface area contributed by atoms with Crippen molar-refractivity contribution >= 4 is 11.8 Å². The molecule has 0 aromatic heterocycles. The topological polar surface area (TPSA) is 78.7 Å². The smallest absolute Gasteiger partial charge is 0.237 e. The van der Waals surface area contributed by atoms with Crippen molar-refractivity contribution in [3.8, 4) is 0 Å². The number of unbranched alkanes of at least 4 members (excludes halogenated alkanes) is 1. The maximum Gasteiger partial charge on any atom is 0.237 e. The summed E-state index contributed by atoms with van der Waals surface area (Å²) >= 11 is 0. The number of amides is 2. The highest BCUT2D eigenvalue weighted by molar-refractivity contribution is 5.85. The number of hydrogen-bond donors (Lipinski definition) is 2. The van der Waals surface area contributed by atoms with Crippen molar-refractivity contribution in [3.05, 3.63) is 0 Å². The van der Waals surface area contributed by atoms with Crippen molar-refractivity contribution in [3.63, 3.8) is 0 Å². The van der Waals surface area contributed by atoms with Crippen molar-refractivity contribution in [2.24, 2.45) is 17.7 Å². The lowest BCUT2D eigenvalue weighted by molar-refractivity contribution is -0.137. The molecule has 1 aliphatic heterocycles. The van der Waals surface area contributed by atoms with E-state index in [0.29, 0.717) is 0 Å². The number of nitrogens with two attached hydrogens (primary N) is 1. The molecule has 128 valence electrons. The third-order valence-corrected chi connectivity index (χ3v) is 4.30. The fraction of sp³-hybridized carbons (Fsp3) is 0.875. The number of piperazine rings is 1. The molecule has 0 spiro atoms. The number of nitrogens with one attached hydrogen (secondary N) is 1. The average molecular weight is 312 g/mol. The molecule has 1 unspecified atom stereocenters. The lowest BCUT2D eigenvalue weighted by Crippen LogP contribution is -2.49. The SMILES string of the molecule is CC(C)CCCCN1CCN(C(=O)CC(C)C(=O)NN)CC1. The monoisotopic (exact) mass is 312 g/mol. The Hall–Kier alpha value is -1.14. The van der Waals surface area contributed by atoms with Crippen LogP contribution in [0, 0.1) is 11.8 Å². The van der Waals surface area contributed by atoms with Crippen LogP contribution >= 0.6 is 0 Å². The minimum Gasteiger partial charge on any atom is -0.340 e. The van der Waals surface area contributed by atoms with Gasteiger partial charge in [0.15, 0.2) is 0 Å². The molecule has 0 aromatic rings. The second-order valence-corrected chi connectivity index (χ2v) is 6.73. The predicted octanol–water partition coefficient (Wildman–Crippen LogP) is 0.973. The molecule has 2 amide bonds. The fourth-order valence-electron chi connectivity index (χ4n) is 2.73. The quantitative estimate of drug-likeness (QED) is 0.303. The largest absolute Gasteiger partial charge is 0.340 e. The van der Waals surface area contributed by atoms with Crippen LogP contribution in [-0.2, 0) is 9.59 Å². The molecule has 6 heteroatoms. The minimum atomic E-state index is -0.369. The standard InChI is InChI=1S/C16H32N4O2/c1-13(2)6-4-5-7-19-8-10-20(11-9-19)15(21)12-14(3)16(22)18-17/h13-14H,4-12,17H2,1-3H3,(H,18,22). The van der Waals surface area contributed by atoms with E-state index < -0.39 is 0 Å². The Morgan fingerprint density at radius 2 is 1.73 bits per heavy atom. The summed E-state index contributed by atoms with van der Waals surface area (Å²) < 4.78 is 0. The number of hydrazine groups is 1. The molecule has 3 N–H and O–H groups in total. The van der Waals surface area contributed by atoms with Gasteiger partial charge in [0.1, 0.15) is 0 Å². The van der Waals surface area contributed by atoms with E-state index >= 15 is 0 Å². The predicted molar refractivity (Wildman–Crippen MR) is 87.8 cm³/mol. The number of nitrogens with zero attached hydrogens (tertiary/aromatic N) is 2. The molecular weight excluding hydrogens is 280 g/mol. The Morgan fingerprint density at radius 1 is 1.09 bits per heavy atom. The van der Waals surface area contributed by atoms with Crippen LogP contribution in [0.3, 0.4) is 0 Å². The molecule has 6 nitrogen and oxygen atoms in total. The molecule has 1 fully saturated rings. The first-order valence-electron chi connectivity index (χ1n) is 8.44. The number of hydrogen-bond acceptors (Lipinski definition) is 4. The van der Waals surface area contributed by atoms with Gasteiger partial charge in [-0.15, -0.1) is 0 Å². The molecule has 1 atom stereocenters. The summed E-state index contributed by atoms with van der Waals surface area (Å²) in [7, 11) is 0. The first kappa shape index (κ1) is 18.9. The molecule has 0 saturated carbocycles. The molecule has 1 rings (SSSR count). The minimum absolute atomic E-state index is 0.0514. The van der Waals surface area contributed by atoms with Crippen LogP contribution in [-0.4, -0.2) is 54.3 Å². The van der Waals surface area contributed by atoms with Gasteiger partial charge in [0.2, 0.25) is 11.8 Å². The summed E-state index contributed by atoms with van der Waals surface area (Å²) in [6.45, 7) is 10.8. The second kappa shape index (κ2) is 9.79. The Bertz CT molecular complexity index is 352. The molecule has 1 saturated heterocycles. The van der Waals surface area contributed by atoms with Crippen LogP contribution in [0.15, 0.2) is 0 Å². The van der Waals surface area contributed by atoms with Gasteiger partial charge in [-0.25, -0.2) is 5.84 Å². The Labute approximate surface area is 134 Å². The van der Waals surface area contributed by atoms with E-state index in [1.165, 1.54) is 19.3 Å². The van der Waals surface area contributed by atoms with Crippen LogP contribution < -0.4 is 11.3 Å². The van der Waals surface area contributed by atoms with Crippen LogP contribution in [0.1, 0.15) is 46.5 Å². The van der Waals surface area contributed by atoms with Crippen LogP contribution in [0.2, 0.25) is 0 Å². The molecule has 0 bridgehead atoms. The van der Waals surface area contributed by atoms with Gasteiger partial charge >= 0.3 is 0 Å². The zero-order valence-electron chi connectivity index (χ0n) is 14.3. The highest BCUT2D eigenvalue weighted by Gasteiger charge is 2.24. The van der Waals surface area contributed by atoms with Crippen molar-refractivity contribution in [1.82, 2.24) is 15.2 Å². The molecule has 22 heavy (non-hydrogen) atoms. The maximum atomic E-state index is 12.2. The van der Waals surface area contributed by atoms with Gasteiger partial charge in [0.05, 0.1) is 0 Å². The normalized spacial score (nSPS) is 17.6. The highest BCUT2D eigenvalue weighted by atomic mass is 16.2. The van der Waals surface area contributed by atoms with Crippen LogP contribution in [0.5, 0.6) is 0 Å². The lowest BCUT2D eigenvalue weighted by atomic mass is 10.1. The van der Waals surface area contributed by atoms with Crippen molar-refractivity contribution in [2.45, 2.75) is 46.5 Å². The third kappa shape index (κ3) is 6.75. The zero-order valence-corrected chi connectivity index (χ0v) is 14.3. The number of carbonyl (C=O) groups is 2. The summed E-state index contributed by atoms with van der Waals surface area (Å²) in [5, 5.41) is 0. The van der Waals surface area contributed by atoms with Crippen molar-refractivity contribution < 1.29 is 9.59 Å². The Balaban J connectivity index is 2.21. The fourth-order valence-corrected chi connectivity index (χ4v) is 2.73. The second-order valence-electron chi connectivity index (χ2n) is 6.73. The summed E-state index contributed by atoms with van der Waals surface area (Å²) in [5.41, 5.74) is 2.10. The third-order valence-electron chi connectivity index (χ3n) is 4.30. The van der Waals surface area contributed by atoms with Crippen LogP contribution in [0.4, 0.5) is 0 Å². The van der Waals surface area contributed by atoms with E-state index in [9.17, 15) is 9.59 Å². The maximum absolute atomic E-state index is 12.2. The van der Waals surface area contributed by atoms with Gasteiger partial charge < -0.3 is 4.90 Å². The molecule has 1 heterocycles. The lowest BCUT2D eigenvalue weighted by Gasteiger charge is -2.35. The highest BCUT2D eigenvalue weighted by Crippen LogP contribution is 2.11. The summed E-state index contributed by atoms with van der Waals surface area (Å²) in [5.74, 6) is 5.27. The molecule has 0 radical (unpaired) electrons. The number of carbonyl (C=O) groups excluding carboxylic acids is 2. The average Bonchev–Trinajstić information content (AvgIpc) is 2.51.